The predicted octanol–water partition coefficient (Wildman–Crippen LogP) is 6.32. The molecule has 0 spiro atoms. The first kappa shape index (κ1) is 26.8. The average Bonchev–Trinajstić information content (AvgIpc) is 2.80. The number of para-hydroxylation sites is 3. The Bertz CT molecular complexity index is 1110. The minimum absolute atomic E-state index is 0.0484. The summed E-state index contributed by atoms with van der Waals surface area (Å²) in [4.78, 5) is 0. The van der Waals surface area contributed by atoms with Gasteiger partial charge in [0.1, 0.15) is 5.75 Å². The van der Waals surface area contributed by atoms with Crippen LogP contribution < -0.4 is 15.0 Å². The summed E-state index contributed by atoms with van der Waals surface area (Å²) in [6.45, 7) is 1.26. The van der Waals surface area contributed by atoms with Crippen LogP contribution in [0.25, 0.3) is 0 Å². The van der Waals surface area contributed by atoms with Crippen molar-refractivity contribution in [2.24, 2.45) is 0 Å². The fraction of sp³-hybridized carbons (Fsp3) is 0.182. The number of benzene rings is 3. The van der Waals surface area contributed by atoms with E-state index in [2.05, 4.69) is 15.0 Å². The molecule has 5 nitrogen and oxygen atoms in total. The van der Waals surface area contributed by atoms with Gasteiger partial charge in [-0.15, -0.1) is 0 Å². The highest BCUT2D eigenvalue weighted by Gasteiger charge is 2.72. The van der Waals surface area contributed by atoms with E-state index in [9.17, 15) is 34.8 Å². The van der Waals surface area contributed by atoms with Gasteiger partial charge in [-0.3, -0.25) is 0 Å². The molecular weight excluding hydrogens is 486 g/mol. The molecule has 0 saturated heterocycles. The molecule has 0 heterocycles. The maximum Gasteiger partial charge on any atom is 0.448 e. The van der Waals surface area contributed by atoms with Crippen molar-refractivity contribution in [2.45, 2.75) is 24.5 Å². The van der Waals surface area contributed by atoms with Crippen LogP contribution in [0.4, 0.5) is 37.7 Å². The zero-order chi connectivity index (χ0) is 25.4. The number of nitrogens with one attached hydrogen (secondary N) is 2. The first-order valence-corrected chi connectivity index (χ1v) is 10.9. The van der Waals surface area contributed by atoms with Gasteiger partial charge in [-0.25, -0.2) is 8.78 Å². The monoisotopic (exact) mass is 506 g/mol. The van der Waals surface area contributed by atoms with Crippen LogP contribution in [0, 0.1) is 6.92 Å². The van der Waals surface area contributed by atoms with Crippen molar-refractivity contribution in [1.29, 1.82) is 0 Å². The summed E-state index contributed by atoms with van der Waals surface area (Å²) in [6, 6.07) is 24.8. The van der Waals surface area contributed by atoms with E-state index in [1.54, 1.807) is 0 Å². The summed E-state index contributed by atoms with van der Waals surface area (Å²) in [5.74, 6) is -6.73. The molecule has 0 aliphatic carbocycles. The van der Waals surface area contributed by atoms with Crippen LogP contribution in [0.1, 0.15) is 5.56 Å². The van der Waals surface area contributed by atoms with Gasteiger partial charge in [0.25, 0.3) is 0 Å². The molecule has 0 aliphatic heterocycles. The number of halogens is 6. The van der Waals surface area contributed by atoms with Crippen LogP contribution in [0.15, 0.2) is 84.9 Å². The summed E-state index contributed by atoms with van der Waals surface area (Å²) in [5.41, 5.74) is 8.37. The van der Waals surface area contributed by atoms with Crippen LogP contribution in [0.3, 0.4) is 0 Å². The summed E-state index contributed by atoms with van der Waals surface area (Å²) in [7, 11) is -6.30. The molecule has 34 heavy (non-hydrogen) atoms. The SMILES string of the molecule is Cc1ccccc1OS(=O)(=O)C(F)(F)C(F)(F)C(F)F.c1ccc(NNc2ccccc2)cc1. The average molecular weight is 506 g/mol. The van der Waals surface area contributed by atoms with Gasteiger partial charge in [-0.2, -0.15) is 26.0 Å². The molecule has 3 aromatic carbocycles. The molecular formula is C22H20F6N2O3S. The first-order valence-electron chi connectivity index (χ1n) is 9.54. The zero-order valence-corrected chi connectivity index (χ0v) is 18.4. The molecule has 3 rings (SSSR count). The summed E-state index contributed by atoms with van der Waals surface area (Å²) >= 11 is 0. The van der Waals surface area contributed by atoms with Crippen LogP contribution in [-0.4, -0.2) is 26.0 Å². The number of alkyl halides is 6. The van der Waals surface area contributed by atoms with Gasteiger partial charge in [0.05, 0.1) is 11.4 Å². The van der Waals surface area contributed by atoms with Crippen molar-refractivity contribution in [3.63, 3.8) is 0 Å². The second-order valence-electron chi connectivity index (χ2n) is 6.73. The molecule has 0 bridgehead atoms. The van der Waals surface area contributed by atoms with Crippen LogP contribution in [0.5, 0.6) is 5.75 Å². The Balaban J connectivity index is 0.000000254. The standard InChI is InChI=1S/C12H12N2.C10H8F6O3S/c1-3-7-11(8-4-1)13-14-12-9-5-2-6-10-12;1-6-4-2-3-5-7(6)19-20(17,18)10(15,16)9(13,14)8(11)12/h1-10,13-14H;2-5,8H,1H3. The van der Waals surface area contributed by atoms with Gasteiger partial charge in [0.2, 0.25) is 0 Å². The van der Waals surface area contributed by atoms with E-state index in [-0.39, 0.29) is 5.56 Å². The van der Waals surface area contributed by atoms with Crippen molar-refractivity contribution in [1.82, 2.24) is 0 Å². The van der Waals surface area contributed by atoms with Crippen molar-refractivity contribution in [3.8, 4) is 5.75 Å². The Hall–Kier alpha value is -3.41. The smallest absolute Gasteiger partial charge is 0.378 e. The fourth-order valence-corrected chi connectivity index (χ4v) is 3.25. The lowest BCUT2D eigenvalue weighted by Gasteiger charge is -2.25. The van der Waals surface area contributed by atoms with E-state index in [1.807, 2.05) is 60.7 Å². The molecule has 2 N–H and O–H groups in total. The first-order chi connectivity index (χ1) is 15.9. The normalized spacial score (nSPS) is 11.9. The highest BCUT2D eigenvalue weighted by Crippen LogP contribution is 2.43. The minimum Gasteiger partial charge on any atom is -0.378 e. The molecule has 0 aliphatic rings. The maximum absolute atomic E-state index is 13.1. The van der Waals surface area contributed by atoms with Crippen molar-refractivity contribution >= 4 is 21.5 Å². The van der Waals surface area contributed by atoms with E-state index in [1.165, 1.54) is 25.1 Å². The van der Waals surface area contributed by atoms with Gasteiger partial charge in [-0.1, -0.05) is 54.6 Å². The lowest BCUT2D eigenvalue weighted by Crippen LogP contribution is -2.53. The third kappa shape index (κ3) is 6.56. The van der Waals surface area contributed by atoms with Gasteiger partial charge < -0.3 is 15.0 Å². The lowest BCUT2D eigenvalue weighted by molar-refractivity contribution is -0.227. The molecule has 184 valence electrons. The molecule has 0 amide bonds. The summed E-state index contributed by atoms with van der Waals surface area (Å²) in [5, 5.41) is -6.07. The highest BCUT2D eigenvalue weighted by atomic mass is 32.2. The van der Waals surface area contributed by atoms with Gasteiger partial charge >= 0.3 is 27.7 Å². The Labute approximate surface area is 192 Å². The zero-order valence-electron chi connectivity index (χ0n) is 17.6. The predicted molar refractivity (Wildman–Crippen MR) is 117 cm³/mol. The van der Waals surface area contributed by atoms with Crippen molar-refractivity contribution in [3.05, 3.63) is 90.5 Å². The minimum atomic E-state index is -6.30. The Kier molecular flexibility index (Phi) is 8.80. The van der Waals surface area contributed by atoms with Crippen LogP contribution in [-0.2, 0) is 10.1 Å². The van der Waals surface area contributed by atoms with Crippen LogP contribution >= 0.6 is 0 Å². The summed E-state index contributed by atoms with van der Waals surface area (Å²) in [6.07, 6.45) is -4.87. The van der Waals surface area contributed by atoms with E-state index in [4.69, 9.17) is 0 Å². The van der Waals surface area contributed by atoms with Gasteiger partial charge in [-0.05, 0) is 42.8 Å². The van der Waals surface area contributed by atoms with E-state index in [0.29, 0.717) is 0 Å². The number of aryl methyl sites for hydroxylation is 1. The molecule has 3 aromatic rings. The number of hydrazine groups is 1. The second kappa shape index (κ2) is 11.1. The summed E-state index contributed by atoms with van der Waals surface area (Å²) < 4.78 is 101. The second-order valence-corrected chi connectivity index (χ2v) is 8.31. The van der Waals surface area contributed by atoms with E-state index >= 15 is 0 Å². The molecule has 0 aromatic heterocycles. The highest BCUT2D eigenvalue weighted by molar-refractivity contribution is 7.88. The Morgan fingerprint density at radius 2 is 1.15 bits per heavy atom. The molecule has 0 saturated carbocycles. The topological polar surface area (TPSA) is 67.4 Å². The number of rotatable bonds is 8. The molecule has 0 atom stereocenters. The number of hydrogen-bond donors (Lipinski definition) is 2. The van der Waals surface area contributed by atoms with Crippen molar-refractivity contribution in [2.75, 3.05) is 10.9 Å². The van der Waals surface area contributed by atoms with Crippen molar-refractivity contribution < 1.29 is 38.9 Å². The molecule has 0 radical (unpaired) electrons. The number of anilines is 2. The largest absolute Gasteiger partial charge is 0.448 e. The fourth-order valence-electron chi connectivity index (χ4n) is 2.30. The van der Waals surface area contributed by atoms with Gasteiger partial charge in [0, 0.05) is 0 Å². The van der Waals surface area contributed by atoms with Gasteiger partial charge in [0.15, 0.2) is 0 Å². The number of hydrogen-bond acceptors (Lipinski definition) is 5. The quantitative estimate of drug-likeness (QED) is 0.213. The third-order valence-corrected chi connectivity index (χ3v) is 5.47. The Morgan fingerprint density at radius 3 is 1.56 bits per heavy atom. The molecule has 0 unspecified atom stereocenters. The van der Waals surface area contributed by atoms with Crippen LogP contribution in [0.2, 0.25) is 0 Å². The Morgan fingerprint density at radius 1 is 0.735 bits per heavy atom. The van der Waals surface area contributed by atoms with E-state index in [0.717, 1.165) is 17.4 Å². The lowest BCUT2D eigenvalue weighted by atomic mass is 10.2. The molecule has 12 heteroatoms. The van der Waals surface area contributed by atoms with E-state index < -0.39 is 33.5 Å². The molecule has 0 fully saturated rings. The third-order valence-electron chi connectivity index (χ3n) is 4.17. The maximum atomic E-state index is 13.1.